The van der Waals surface area contributed by atoms with Gasteiger partial charge in [0.15, 0.2) is 0 Å². The number of halogens is 1. The van der Waals surface area contributed by atoms with Crippen LogP contribution in [-0.4, -0.2) is 54.8 Å². The highest BCUT2D eigenvalue weighted by Gasteiger charge is 2.33. The Labute approximate surface area is 211 Å². The summed E-state index contributed by atoms with van der Waals surface area (Å²) in [6.07, 6.45) is 0. The summed E-state index contributed by atoms with van der Waals surface area (Å²) in [6.45, 7) is 7.61. The lowest BCUT2D eigenvalue weighted by Crippen LogP contribution is -2.40. The number of esters is 1. The summed E-state index contributed by atoms with van der Waals surface area (Å²) in [5.74, 6) is -1.44. The van der Waals surface area contributed by atoms with Gasteiger partial charge in [0.1, 0.15) is 17.4 Å². The van der Waals surface area contributed by atoms with Crippen LogP contribution < -0.4 is 10.2 Å². The number of hydrogen-bond acceptors (Lipinski definition) is 8. The maximum Gasteiger partial charge on any atom is 0.328 e. The lowest BCUT2D eigenvalue weighted by atomic mass is 10.1. The number of anilines is 2. The van der Waals surface area contributed by atoms with Crippen LogP contribution in [0.1, 0.15) is 48.4 Å². The summed E-state index contributed by atoms with van der Waals surface area (Å²) in [7, 11) is 1.42. The van der Waals surface area contributed by atoms with Gasteiger partial charge < -0.3 is 15.0 Å². The number of fused-ring (bicyclic) bond motifs is 1. The van der Waals surface area contributed by atoms with Crippen LogP contribution in [0.5, 0.6) is 0 Å². The minimum Gasteiger partial charge on any atom is -0.464 e. The molecule has 0 aliphatic carbocycles. The van der Waals surface area contributed by atoms with Crippen LogP contribution in [0, 0.1) is 0 Å². The van der Waals surface area contributed by atoms with Crippen molar-refractivity contribution in [2.45, 2.75) is 33.7 Å². The molecule has 0 saturated carbocycles. The van der Waals surface area contributed by atoms with Crippen LogP contribution in [0.25, 0.3) is 0 Å². The van der Waals surface area contributed by atoms with E-state index in [1.807, 2.05) is 11.8 Å². The number of rotatable bonds is 8. The average molecular weight is 544 g/mol. The van der Waals surface area contributed by atoms with Crippen molar-refractivity contribution in [2.75, 3.05) is 30.4 Å². The van der Waals surface area contributed by atoms with Crippen molar-refractivity contribution in [1.82, 2.24) is 4.90 Å². The molecule has 1 unspecified atom stereocenters. The lowest BCUT2D eigenvalue weighted by Gasteiger charge is -2.29. The van der Waals surface area contributed by atoms with Gasteiger partial charge in [-0.1, -0.05) is 0 Å². The van der Waals surface area contributed by atoms with Crippen molar-refractivity contribution >= 4 is 62.4 Å². The molecule has 1 heterocycles. The minimum absolute atomic E-state index is 0.249. The number of ether oxygens (including phenoxy) is 1. The Morgan fingerprint density at radius 3 is 2.31 bits per heavy atom. The fraction of sp³-hybridized carbons (Fsp3) is 0.333. The molecule has 3 rings (SSSR count). The summed E-state index contributed by atoms with van der Waals surface area (Å²) >= 11 is 3.38. The van der Waals surface area contributed by atoms with E-state index < -0.39 is 11.9 Å². The summed E-state index contributed by atoms with van der Waals surface area (Å²) in [5.41, 5.74) is 2.36. The molecule has 11 heteroatoms. The molecule has 1 aliphatic rings. The largest absolute Gasteiger partial charge is 0.464 e. The van der Waals surface area contributed by atoms with Crippen LogP contribution in [0.4, 0.5) is 22.7 Å². The first-order valence-corrected chi connectivity index (χ1v) is 11.8. The zero-order valence-corrected chi connectivity index (χ0v) is 21.7. The SMILES string of the molecule is CCOC(=O)C(C)N(CC)c1ccc(N=Nc2cc3c(cc2Br)C(=O)N(C)C3=O)c(NC(C)=O)c1. The molecule has 184 valence electrons. The first-order chi connectivity index (χ1) is 16.6. The molecule has 35 heavy (non-hydrogen) atoms. The Morgan fingerprint density at radius 2 is 1.71 bits per heavy atom. The second kappa shape index (κ2) is 10.8. The number of benzene rings is 2. The van der Waals surface area contributed by atoms with Crippen LogP contribution in [0.15, 0.2) is 45.0 Å². The van der Waals surface area contributed by atoms with E-state index >= 15 is 0 Å². The molecule has 2 aromatic carbocycles. The Balaban J connectivity index is 1.97. The predicted molar refractivity (Wildman–Crippen MR) is 135 cm³/mol. The number of hydrogen-bond donors (Lipinski definition) is 1. The van der Waals surface area contributed by atoms with Crippen molar-refractivity contribution in [3.8, 4) is 0 Å². The smallest absolute Gasteiger partial charge is 0.328 e. The highest BCUT2D eigenvalue weighted by Crippen LogP contribution is 2.36. The van der Waals surface area contributed by atoms with E-state index in [-0.39, 0.29) is 30.0 Å². The van der Waals surface area contributed by atoms with E-state index in [2.05, 4.69) is 31.5 Å². The van der Waals surface area contributed by atoms with E-state index in [0.717, 1.165) is 4.90 Å². The molecule has 10 nitrogen and oxygen atoms in total. The number of likely N-dealkylation sites (N-methyl/N-ethyl adjacent to an activating group) is 1. The Kier molecular flexibility index (Phi) is 8.00. The minimum atomic E-state index is -0.529. The Morgan fingerprint density at radius 1 is 1.09 bits per heavy atom. The maximum absolute atomic E-state index is 12.3. The van der Waals surface area contributed by atoms with Crippen LogP contribution >= 0.6 is 15.9 Å². The normalized spacial score (nSPS) is 13.7. The summed E-state index contributed by atoms with van der Waals surface area (Å²) in [5, 5.41) is 11.3. The second-order valence-electron chi connectivity index (χ2n) is 7.82. The molecule has 1 N–H and O–H groups in total. The molecule has 2 aromatic rings. The quantitative estimate of drug-likeness (QED) is 0.289. The molecule has 0 fully saturated rings. The van der Waals surface area contributed by atoms with Crippen molar-refractivity contribution in [3.05, 3.63) is 45.9 Å². The molecule has 0 spiro atoms. The third-order valence-electron chi connectivity index (χ3n) is 5.48. The zero-order chi connectivity index (χ0) is 25.9. The van der Waals surface area contributed by atoms with E-state index in [1.54, 1.807) is 38.1 Å². The number of carbonyl (C=O) groups excluding carboxylic acids is 4. The first-order valence-electron chi connectivity index (χ1n) is 11.0. The Bertz CT molecular complexity index is 1230. The van der Waals surface area contributed by atoms with E-state index in [4.69, 9.17) is 4.74 Å². The number of imide groups is 1. The number of azo groups is 1. The van der Waals surface area contributed by atoms with Gasteiger partial charge in [0, 0.05) is 30.7 Å². The van der Waals surface area contributed by atoms with Crippen LogP contribution in [0.3, 0.4) is 0 Å². The van der Waals surface area contributed by atoms with Crippen molar-refractivity contribution in [2.24, 2.45) is 10.2 Å². The van der Waals surface area contributed by atoms with Gasteiger partial charge >= 0.3 is 5.97 Å². The van der Waals surface area contributed by atoms with Gasteiger partial charge in [-0.25, -0.2) is 4.79 Å². The summed E-state index contributed by atoms with van der Waals surface area (Å²) in [4.78, 5) is 51.5. The van der Waals surface area contributed by atoms with E-state index in [9.17, 15) is 19.2 Å². The van der Waals surface area contributed by atoms with Crippen molar-refractivity contribution in [3.63, 3.8) is 0 Å². The molecule has 1 aliphatic heterocycles. The summed E-state index contributed by atoms with van der Waals surface area (Å²) < 4.78 is 5.64. The van der Waals surface area contributed by atoms with E-state index in [0.29, 0.717) is 39.3 Å². The fourth-order valence-corrected chi connectivity index (χ4v) is 4.13. The summed E-state index contributed by atoms with van der Waals surface area (Å²) in [6, 6.07) is 7.67. The maximum atomic E-state index is 12.3. The standard InChI is InChI=1S/C24H26BrN5O5/c1-6-30(13(3)24(34)35-7-2)15-8-9-19(21(10-15)26-14(4)31)27-28-20-12-17-16(11-18(20)25)22(32)29(5)23(17)33/h8-13H,6-7H2,1-5H3,(H,26,31). The van der Waals surface area contributed by atoms with Crippen LogP contribution in [-0.2, 0) is 14.3 Å². The number of nitrogens with one attached hydrogen (secondary N) is 1. The molecule has 1 atom stereocenters. The molecular formula is C24H26BrN5O5. The van der Waals surface area contributed by atoms with Gasteiger partial charge in [-0.2, -0.15) is 0 Å². The highest BCUT2D eigenvalue weighted by molar-refractivity contribution is 9.10. The molecular weight excluding hydrogens is 518 g/mol. The van der Waals surface area contributed by atoms with E-state index in [1.165, 1.54) is 20.0 Å². The molecule has 0 aromatic heterocycles. The van der Waals surface area contributed by atoms with Gasteiger partial charge in [0.2, 0.25) is 5.91 Å². The highest BCUT2D eigenvalue weighted by atomic mass is 79.9. The lowest BCUT2D eigenvalue weighted by molar-refractivity contribution is -0.144. The van der Waals surface area contributed by atoms with Gasteiger partial charge in [0.25, 0.3) is 11.8 Å². The van der Waals surface area contributed by atoms with Gasteiger partial charge in [-0.3, -0.25) is 19.3 Å². The fourth-order valence-electron chi connectivity index (χ4n) is 3.70. The Hall–Kier alpha value is -3.60. The monoisotopic (exact) mass is 543 g/mol. The first kappa shape index (κ1) is 26.0. The molecule has 3 amide bonds. The third-order valence-corrected chi connectivity index (χ3v) is 6.12. The average Bonchev–Trinajstić information content (AvgIpc) is 3.02. The molecule has 0 saturated heterocycles. The van der Waals surface area contributed by atoms with Crippen molar-refractivity contribution in [1.29, 1.82) is 0 Å². The van der Waals surface area contributed by atoms with Crippen molar-refractivity contribution < 1.29 is 23.9 Å². The number of nitrogens with zero attached hydrogens (tertiary/aromatic N) is 4. The predicted octanol–water partition coefficient (Wildman–Crippen LogP) is 4.83. The topological polar surface area (TPSA) is 121 Å². The third kappa shape index (κ3) is 5.40. The van der Waals surface area contributed by atoms with Crippen LogP contribution in [0.2, 0.25) is 0 Å². The second-order valence-corrected chi connectivity index (χ2v) is 8.67. The van der Waals surface area contributed by atoms with Gasteiger partial charge in [0.05, 0.1) is 23.4 Å². The molecule has 0 radical (unpaired) electrons. The zero-order valence-electron chi connectivity index (χ0n) is 20.1. The van der Waals surface area contributed by atoms with Gasteiger partial charge in [-0.15, -0.1) is 10.2 Å². The number of carbonyl (C=O) groups is 4. The van der Waals surface area contributed by atoms with Gasteiger partial charge in [-0.05, 0) is 67.0 Å². The molecule has 0 bridgehead atoms. The number of amides is 3.